The molecule has 1 heterocycles. The summed E-state index contributed by atoms with van der Waals surface area (Å²) in [7, 11) is 0. The molecule has 0 unspecified atom stereocenters. The Hall–Kier alpha value is -1.62. The Bertz CT molecular complexity index is 638. The standard InChI is InChI=1S/C14H14F2N2S/c1-2-3-11-8-14(19)18-13(17-11)6-9-4-5-10(15)7-12(9)16/h4-5,7-8H,2-3,6H2,1H3,(H,17,18,19). The van der Waals surface area contributed by atoms with Crippen molar-refractivity contribution in [3.63, 3.8) is 0 Å². The van der Waals surface area contributed by atoms with E-state index in [1.807, 2.05) is 6.07 Å². The van der Waals surface area contributed by atoms with Crippen LogP contribution in [0.5, 0.6) is 0 Å². The molecule has 1 aromatic heterocycles. The highest BCUT2D eigenvalue weighted by Gasteiger charge is 2.07. The SMILES string of the molecule is CCCc1cc(=S)nc(Cc2ccc(F)cc2F)[nH]1. The third-order valence-corrected chi connectivity index (χ3v) is 2.95. The second-order valence-corrected chi connectivity index (χ2v) is 4.77. The third-order valence-electron chi connectivity index (χ3n) is 2.74. The number of nitrogens with one attached hydrogen (secondary N) is 1. The summed E-state index contributed by atoms with van der Waals surface area (Å²) in [5, 5.41) is 0. The Morgan fingerprint density at radius 1 is 1.26 bits per heavy atom. The van der Waals surface area contributed by atoms with Crippen molar-refractivity contribution in [3.05, 3.63) is 57.6 Å². The second-order valence-electron chi connectivity index (χ2n) is 4.35. The van der Waals surface area contributed by atoms with Crippen molar-refractivity contribution in [1.29, 1.82) is 0 Å². The summed E-state index contributed by atoms with van der Waals surface area (Å²) in [4.78, 5) is 7.31. The summed E-state index contributed by atoms with van der Waals surface area (Å²) in [5.41, 5.74) is 1.38. The molecule has 0 fully saturated rings. The highest BCUT2D eigenvalue weighted by Crippen LogP contribution is 2.13. The van der Waals surface area contributed by atoms with Gasteiger partial charge in [-0.1, -0.05) is 31.6 Å². The van der Waals surface area contributed by atoms with Gasteiger partial charge in [-0.05, 0) is 24.1 Å². The fraction of sp³-hybridized carbons (Fsp3) is 0.286. The number of halogens is 2. The van der Waals surface area contributed by atoms with Crippen LogP contribution in [0.2, 0.25) is 0 Å². The lowest BCUT2D eigenvalue weighted by Gasteiger charge is -2.06. The molecule has 5 heteroatoms. The minimum absolute atomic E-state index is 0.271. The number of aryl methyl sites for hydroxylation is 1. The average Bonchev–Trinajstić information content (AvgIpc) is 2.32. The van der Waals surface area contributed by atoms with E-state index in [0.717, 1.165) is 24.6 Å². The van der Waals surface area contributed by atoms with E-state index in [4.69, 9.17) is 12.2 Å². The molecule has 0 spiro atoms. The van der Waals surface area contributed by atoms with Crippen molar-refractivity contribution in [2.45, 2.75) is 26.2 Å². The van der Waals surface area contributed by atoms with Gasteiger partial charge < -0.3 is 4.98 Å². The van der Waals surface area contributed by atoms with Crippen LogP contribution in [-0.2, 0) is 12.8 Å². The van der Waals surface area contributed by atoms with Crippen LogP contribution in [0.4, 0.5) is 8.78 Å². The molecule has 2 aromatic rings. The van der Waals surface area contributed by atoms with Crippen LogP contribution < -0.4 is 0 Å². The zero-order valence-electron chi connectivity index (χ0n) is 10.5. The number of aromatic amines is 1. The van der Waals surface area contributed by atoms with E-state index in [9.17, 15) is 8.78 Å². The maximum absolute atomic E-state index is 13.6. The van der Waals surface area contributed by atoms with Crippen molar-refractivity contribution >= 4 is 12.2 Å². The van der Waals surface area contributed by atoms with Crippen molar-refractivity contribution in [3.8, 4) is 0 Å². The molecule has 0 saturated carbocycles. The summed E-state index contributed by atoms with van der Waals surface area (Å²) in [5.74, 6) is -0.551. The summed E-state index contributed by atoms with van der Waals surface area (Å²) in [6.45, 7) is 2.07. The molecular weight excluding hydrogens is 266 g/mol. The summed E-state index contributed by atoms with van der Waals surface area (Å²) in [6, 6.07) is 5.35. The van der Waals surface area contributed by atoms with Crippen LogP contribution in [0.25, 0.3) is 0 Å². The molecule has 1 aromatic carbocycles. The van der Waals surface area contributed by atoms with E-state index >= 15 is 0 Å². The fourth-order valence-electron chi connectivity index (χ4n) is 1.90. The van der Waals surface area contributed by atoms with Gasteiger partial charge in [-0.25, -0.2) is 13.8 Å². The molecule has 19 heavy (non-hydrogen) atoms. The smallest absolute Gasteiger partial charge is 0.130 e. The number of rotatable bonds is 4. The van der Waals surface area contributed by atoms with E-state index in [0.29, 0.717) is 16.0 Å². The van der Waals surface area contributed by atoms with E-state index in [-0.39, 0.29) is 6.42 Å². The number of hydrogen-bond donors (Lipinski definition) is 1. The Kier molecular flexibility index (Phi) is 4.37. The highest BCUT2D eigenvalue weighted by molar-refractivity contribution is 7.71. The average molecular weight is 280 g/mol. The topological polar surface area (TPSA) is 28.7 Å². The van der Waals surface area contributed by atoms with Crippen molar-refractivity contribution in [1.82, 2.24) is 9.97 Å². The lowest BCUT2D eigenvalue weighted by atomic mass is 10.1. The van der Waals surface area contributed by atoms with Gasteiger partial charge in [0, 0.05) is 18.2 Å². The largest absolute Gasteiger partial charge is 0.347 e. The zero-order chi connectivity index (χ0) is 13.8. The quantitative estimate of drug-likeness (QED) is 0.859. The van der Waals surface area contributed by atoms with E-state index in [1.54, 1.807) is 0 Å². The zero-order valence-corrected chi connectivity index (χ0v) is 11.4. The predicted molar refractivity (Wildman–Crippen MR) is 72.6 cm³/mol. The van der Waals surface area contributed by atoms with Crippen LogP contribution in [-0.4, -0.2) is 9.97 Å². The first kappa shape index (κ1) is 13.8. The molecule has 0 radical (unpaired) electrons. The second kappa shape index (κ2) is 6.02. The number of benzene rings is 1. The molecule has 0 atom stereocenters. The fourth-order valence-corrected chi connectivity index (χ4v) is 2.15. The minimum atomic E-state index is -0.582. The molecule has 2 rings (SSSR count). The number of H-pyrrole nitrogens is 1. The van der Waals surface area contributed by atoms with Gasteiger partial charge in [0.05, 0.1) is 0 Å². The molecular formula is C14H14F2N2S. The van der Waals surface area contributed by atoms with Crippen molar-refractivity contribution in [2.75, 3.05) is 0 Å². The van der Waals surface area contributed by atoms with Gasteiger partial charge in [-0.3, -0.25) is 0 Å². The van der Waals surface area contributed by atoms with Gasteiger partial charge in [0.1, 0.15) is 22.1 Å². The Balaban J connectivity index is 2.30. The van der Waals surface area contributed by atoms with Crippen LogP contribution in [0.1, 0.15) is 30.4 Å². The summed E-state index contributed by atoms with van der Waals surface area (Å²) in [6.07, 6.45) is 2.12. The number of nitrogens with zero attached hydrogens (tertiary/aromatic N) is 1. The molecule has 0 aliphatic rings. The highest BCUT2D eigenvalue weighted by atomic mass is 32.1. The molecule has 1 N–H and O–H groups in total. The van der Waals surface area contributed by atoms with Crippen molar-refractivity contribution < 1.29 is 8.78 Å². The van der Waals surface area contributed by atoms with E-state index in [1.165, 1.54) is 12.1 Å². The first-order valence-electron chi connectivity index (χ1n) is 6.11. The monoisotopic (exact) mass is 280 g/mol. The molecule has 2 nitrogen and oxygen atoms in total. The molecule has 0 aliphatic heterocycles. The predicted octanol–water partition coefficient (Wildman–Crippen LogP) is 3.96. The first-order valence-corrected chi connectivity index (χ1v) is 6.52. The van der Waals surface area contributed by atoms with E-state index in [2.05, 4.69) is 16.9 Å². The van der Waals surface area contributed by atoms with Crippen LogP contribution in [0.3, 0.4) is 0 Å². The maximum Gasteiger partial charge on any atom is 0.130 e. The molecule has 100 valence electrons. The lowest BCUT2D eigenvalue weighted by molar-refractivity contribution is 0.573. The van der Waals surface area contributed by atoms with Gasteiger partial charge in [-0.2, -0.15) is 0 Å². The maximum atomic E-state index is 13.6. The van der Waals surface area contributed by atoms with Gasteiger partial charge in [0.15, 0.2) is 0 Å². The normalized spacial score (nSPS) is 10.7. The summed E-state index contributed by atoms with van der Waals surface area (Å²) < 4.78 is 26.9. The van der Waals surface area contributed by atoms with Crippen LogP contribution in [0.15, 0.2) is 24.3 Å². The minimum Gasteiger partial charge on any atom is -0.347 e. The molecule has 0 bridgehead atoms. The van der Waals surface area contributed by atoms with Gasteiger partial charge in [-0.15, -0.1) is 0 Å². The lowest BCUT2D eigenvalue weighted by Crippen LogP contribution is -2.02. The van der Waals surface area contributed by atoms with Gasteiger partial charge in [0.2, 0.25) is 0 Å². The molecule has 0 saturated heterocycles. The number of hydrogen-bond acceptors (Lipinski definition) is 2. The van der Waals surface area contributed by atoms with Crippen LogP contribution >= 0.6 is 12.2 Å². The van der Waals surface area contributed by atoms with Gasteiger partial charge >= 0.3 is 0 Å². The van der Waals surface area contributed by atoms with E-state index < -0.39 is 11.6 Å². The van der Waals surface area contributed by atoms with Gasteiger partial charge in [0.25, 0.3) is 0 Å². The Morgan fingerprint density at radius 2 is 2.05 bits per heavy atom. The summed E-state index contributed by atoms with van der Waals surface area (Å²) >= 11 is 5.09. The molecule has 0 aliphatic carbocycles. The third kappa shape index (κ3) is 3.67. The first-order chi connectivity index (χ1) is 9.08. The Morgan fingerprint density at radius 3 is 2.74 bits per heavy atom. The molecule has 0 amide bonds. The number of aromatic nitrogens is 2. The van der Waals surface area contributed by atoms with Crippen LogP contribution in [0, 0.1) is 16.3 Å². The van der Waals surface area contributed by atoms with Crippen molar-refractivity contribution in [2.24, 2.45) is 0 Å². The Labute approximate surface area is 115 Å².